The number of nitrogens with one attached hydrogen (secondary N) is 1. The standard InChI is InChI=1S/C30H35N3O3/c1-22(2)30(29(35)31-24-14-9-4-3-5-10-15-24)21-32-26(23-12-7-6-8-13-23)17-18-27(32)28(34)33(30)20-25-16-11-19-36-25/h6-8,11-13,16-19,24H,1,3-5,9-10,14-15,20-21H2,2H3,(H,31,35). The van der Waals surface area contributed by atoms with E-state index in [2.05, 4.69) is 11.9 Å². The smallest absolute Gasteiger partial charge is 0.272 e. The lowest BCUT2D eigenvalue weighted by molar-refractivity contribution is -0.132. The van der Waals surface area contributed by atoms with Crippen LogP contribution >= 0.6 is 0 Å². The average Bonchev–Trinajstić information content (AvgIpc) is 3.52. The van der Waals surface area contributed by atoms with Crippen LogP contribution in [0.3, 0.4) is 0 Å². The summed E-state index contributed by atoms with van der Waals surface area (Å²) in [5.74, 6) is 0.283. The Labute approximate surface area is 213 Å². The third kappa shape index (κ3) is 4.41. The predicted molar refractivity (Wildman–Crippen MR) is 140 cm³/mol. The normalized spacial score (nSPS) is 20.9. The number of aromatic nitrogens is 1. The van der Waals surface area contributed by atoms with Gasteiger partial charge in [-0.15, -0.1) is 0 Å². The van der Waals surface area contributed by atoms with Crippen LogP contribution in [0.4, 0.5) is 0 Å². The maximum Gasteiger partial charge on any atom is 0.272 e. The van der Waals surface area contributed by atoms with Gasteiger partial charge in [-0.3, -0.25) is 9.59 Å². The molecule has 1 aliphatic heterocycles. The fourth-order valence-corrected chi connectivity index (χ4v) is 5.74. The summed E-state index contributed by atoms with van der Waals surface area (Å²) in [5.41, 5.74) is 1.90. The number of nitrogens with zero attached hydrogens (tertiary/aromatic N) is 2. The SMILES string of the molecule is C=C(C)C1(C(=O)NC2CCCCCCC2)Cn2c(ccc2-c2ccccc2)C(=O)N1Cc1ccco1. The van der Waals surface area contributed by atoms with Crippen molar-refractivity contribution < 1.29 is 14.0 Å². The second-order valence-corrected chi connectivity index (χ2v) is 10.2. The molecular weight excluding hydrogens is 450 g/mol. The molecule has 0 bridgehead atoms. The van der Waals surface area contributed by atoms with Gasteiger partial charge >= 0.3 is 0 Å². The third-order valence-electron chi connectivity index (χ3n) is 7.78. The van der Waals surface area contributed by atoms with Crippen molar-refractivity contribution in [3.8, 4) is 11.3 Å². The third-order valence-corrected chi connectivity index (χ3v) is 7.78. The van der Waals surface area contributed by atoms with Crippen molar-refractivity contribution in [1.29, 1.82) is 0 Å². The summed E-state index contributed by atoms with van der Waals surface area (Å²) in [6.45, 7) is 6.63. The van der Waals surface area contributed by atoms with Gasteiger partial charge in [-0.2, -0.15) is 0 Å². The molecular formula is C30H35N3O3. The van der Waals surface area contributed by atoms with E-state index in [1.807, 2.05) is 60.0 Å². The molecule has 188 valence electrons. The molecule has 1 saturated carbocycles. The zero-order valence-electron chi connectivity index (χ0n) is 21.0. The largest absolute Gasteiger partial charge is 0.467 e. The lowest BCUT2D eigenvalue weighted by atomic mass is 9.84. The first-order chi connectivity index (χ1) is 17.5. The predicted octanol–water partition coefficient (Wildman–Crippen LogP) is 5.95. The van der Waals surface area contributed by atoms with E-state index in [9.17, 15) is 9.59 Å². The first-order valence-corrected chi connectivity index (χ1v) is 13.1. The summed E-state index contributed by atoms with van der Waals surface area (Å²) in [4.78, 5) is 30.0. The van der Waals surface area contributed by atoms with Crippen LogP contribution in [0.1, 0.15) is 68.1 Å². The molecule has 0 spiro atoms. The lowest BCUT2D eigenvalue weighted by Gasteiger charge is -2.47. The van der Waals surface area contributed by atoms with E-state index in [0.29, 0.717) is 23.6 Å². The van der Waals surface area contributed by atoms with E-state index in [-0.39, 0.29) is 24.4 Å². The lowest BCUT2D eigenvalue weighted by Crippen LogP contribution is -2.66. The minimum Gasteiger partial charge on any atom is -0.467 e. The monoisotopic (exact) mass is 485 g/mol. The van der Waals surface area contributed by atoms with E-state index < -0.39 is 5.54 Å². The van der Waals surface area contributed by atoms with Gasteiger partial charge in [0.2, 0.25) is 0 Å². The minimum absolute atomic E-state index is 0.106. The van der Waals surface area contributed by atoms with Gasteiger partial charge in [-0.05, 0) is 55.2 Å². The number of carbonyl (C=O) groups excluding carboxylic acids is 2. The summed E-state index contributed by atoms with van der Waals surface area (Å²) in [5, 5.41) is 3.35. The topological polar surface area (TPSA) is 67.5 Å². The summed E-state index contributed by atoms with van der Waals surface area (Å²) in [6, 6.07) is 17.6. The molecule has 2 aliphatic rings. The highest BCUT2D eigenvalue weighted by atomic mass is 16.3. The number of fused-ring (bicyclic) bond motifs is 1. The van der Waals surface area contributed by atoms with Gasteiger partial charge in [-0.25, -0.2) is 0 Å². The number of furan rings is 1. The number of hydrogen-bond donors (Lipinski definition) is 1. The number of hydrogen-bond acceptors (Lipinski definition) is 3. The molecule has 5 rings (SSSR count). The van der Waals surface area contributed by atoms with Crippen molar-refractivity contribution in [2.75, 3.05) is 0 Å². The van der Waals surface area contributed by atoms with Gasteiger partial charge in [-0.1, -0.05) is 69.0 Å². The molecule has 1 N–H and O–H groups in total. The minimum atomic E-state index is -1.23. The molecule has 0 radical (unpaired) electrons. The maximum absolute atomic E-state index is 14.3. The van der Waals surface area contributed by atoms with Gasteiger partial charge in [0, 0.05) is 11.7 Å². The number of rotatable bonds is 6. The highest BCUT2D eigenvalue weighted by Gasteiger charge is 2.52. The van der Waals surface area contributed by atoms with Gasteiger partial charge in [0.25, 0.3) is 11.8 Å². The Kier molecular flexibility index (Phi) is 6.86. The van der Waals surface area contributed by atoms with Crippen LogP contribution in [0.15, 0.2) is 77.4 Å². The van der Waals surface area contributed by atoms with E-state index in [0.717, 1.165) is 36.9 Å². The summed E-state index contributed by atoms with van der Waals surface area (Å²) >= 11 is 0. The Bertz CT molecular complexity index is 1220. The first-order valence-electron chi connectivity index (χ1n) is 13.1. The van der Waals surface area contributed by atoms with Crippen LogP contribution in [0.25, 0.3) is 11.3 Å². The van der Waals surface area contributed by atoms with Gasteiger partial charge in [0.1, 0.15) is 11.5 Å². The van der Waals surface area contributed by atoms with Crippen molar-refractivity contribution >= 4 is 11.8 Å². The fraction of sp³-hybridized carbons (Fsp3) is 0.400. The number of benzene rings is 1. The Hall–Kier alpha value is -3.54. The van der Waals surface area contributed by atoms with Crippen LogP contribution in [0.2, 0.25) is 0 Å². The van der Waals surface area contributed by atoms with Crippen LogP contribution < -0.4 is 5.32 Å². The maximum atomic E-state index is 14.3. The van der Waals surface area contributed by atoms with Gasteiger partial charge in [0.15, 0.2) is 5.54 Å². The molecule has 36 heavy (non-hydrogen) atoms. The first kappa shape index (κ1) is 24.2. The Morgan fingerprint density at radius 3 is 2.36 bits per heavy atom. The second-order valence-electron chi connectivity index (χ2n) is 10.2. The van der Waals surface area contributed by atoms with Crippen LogP contribution in [0.5, 0.6) is 0 Å². The molecule has 1 aliphatic carbocycles. The van der Waals surface area contributed by atoms with Crippen LogP contribution in [-0.2, 0) is 17.9 Å². The zero-order chi connectivity index (χ0) is 25.1. The Morgan fingerprint density at radius 2 is 1.69 bits per heavy atom. The van der Waals surface area contributed by atoms with E-state index >= 15 is 0 Å². The Balaban J connectivity index is 1.57. The highest BCUT2D eigenvalue weighted by Crippen LogP contribution is 2.38. The van der Waals surface area contributed by atoms with Crippen LogP contribution in [-0.4, -0.2) is 32.9 Å². The summed E-state index contributed by atoms with van der Waals surface area (Å²) in [7, 11) is 0. The number of amides is 2. The van der Waals surface area contributed by atoms with E-state index in [1.165, 1.54) is 19.3 Å². The summed E-state index contributed by atoms with van der Waals surface area (Å²) in [6.07, 6.45) is 9.42. The molecule has 6 heteroatoms. The molecule has 2 amide bonds. The molecule has 6 nitrogen and oxygen atoms in total. The molecule has 1 aromatic carbocycles. The van der Waals surface area contributed by atoms with E-state index in [4.69, 9.17) is 4.42 Å². The van der Waals surface area contributed by atoms with Crippen molar-refractivity contribution in [1.82, 2.24) is 14.8 Å². The van der Waals surface area contributed by atoms with Gasteiger partial charge < -0.3 is 19.2 Å². The molecule has 3 aromatic rings. The van der Waals surface area contributed by atoms with Crippen molar-refractivity contribution in [3.05, 3.63) is 84.5 Å². The quantitative estimate of drug-likeness (QED) is 0.439. The molecule has 1 fully saturated rings. The molecule has 1 unspecified atom stereocenters. The molecule has 1 atom stereocenters. The molecule has 2 aromatic heterocycles. The van der Waals surface area contributed by atoms with E-state index in [1.54, 1.807) is 17.2 Å². The molecule has 0 saturated heterocycles. The van der Waals surface area contributed by atoms with Crippen molar-refractivity contribution in [2.45, 2.75) is 76.5 Å². The zero-order valence-corrected chi connectivity index (χ0v) is 21.0. The average molecular weight is 486 g/mol. The fourth-order valence-electron chi connectivity index (χ4n) is 5.74. The summed E-state index contributed by atoms with van der Waals surface area (Å²) < 4.78 is 7.61. The highest BCUT2D eigenvalue weighted by molar-refractivity contribution is 6.02. The van der Waals surface area contributed by atoms with Crippen LogP contribution in [0, 0.1) is 0 Å². The van der Waals surface area contributed by atoms with Gasteiger partial charge in [0.05, 0.1) is 19.4 Å². The van der Waals surface area contributed by atoms with Crippen molar-refractivity contribution in [2.24, 2.45) is 0 Å². The molecule has 3 heterocycles. The number of carbonyl (C=O) groups is 2. The van der Waals surface area contributed by atoms with Crippen molar-refractivity contribution in [3.63, 3.8) is 0 Å². The Morgan fingerprint density at radius 1 is 1.00 bits per heavy atom. The second kappa shape index (κ2) is 10.2.